The van der Waals surface area contributed by atoms with Gasteiger partial charge in [-0.2, -0.15) is 0 Å². The van der Waals surface area contributed by atoms with Gasteiger partial charge in [0.1, 0.15) is 16.1 Å². The fourth-order valence-corrected chi connectivity index (χ4v) is 23.1. The van der Waals surface area contributed by atoms with Gasteiger partial charge in [0.25, 0.3) is 0 Å². The summed E-state index contributed by atoms with van der Waals surface area (Å²) in [5.41, 5.74) is 5.11. The van der Waals surface area contributed by atoms with Crippen molar-refractivity contribution in [1.82, 2.24) is 0 Å². The lowest BCUT2D eigenvalue weighted by Gasteiger charge is -2.38. The third-order valence-electron chi connectivity index (χ3n) is 17.6. The minimum atomic E-state index is -2.29. The summed E-state index contributed by atoms with van der Waals surface area (Å²) in [5.74, 6) is 42.8. The maximum Gasteiger partial charge on any atom is 0.216 e. The van der Waals surface area contributed by atoms with Crippen LogP contribution in [-0.4, -0.2) is 58.8 Å². The van der Waals surface area contributed by atoms with Crippen LogP contribution in [0.2, 0.25) is 33.2 Å². The zero-order valence-electron chi connectivity index (χ0n) is 55.2. The summed E-state index contributed by atoms with van der Waals surface area (Å²) < 4.78 is 39.6. The molecular formula is C80H90O6Si2. The highest BCUT2D eigenvalue weighted by atomic mass is 28.3. The van der Waals surface area contributed by atoms with Crippen molar-refractivity contribution in [1.29, 1.82) is 0 Å². The van der Waals surface area contributed by atoms with E-state index in [1.807, 2.05) is 182 Å². The van der Waals surface area contributed by atoms with Crippen LogP contribution in [0.15, 0.2) is 182 Å². The first-order valence-corrected chi connectivity index (χ1v) is 35.0. The van der Waals surface area contributed by atoms with E-state index in [2.05, 4.69) is 165 Å². The molecule has 0 heterocycles. The molecule has 0 spiro atoms. The van der Waals surface area contributed by atoms with Crippen LogP contribution in [-0.2, 0) is 62.0 Å². The van der Waals surface area contributed by atoms with Gasteiger partial charge in [0.15, 0.2) is 0 Å². The van der Waals surface area contributed by atoms with Gasteiger partial charge < -0.3 is 28.4 Å². The van der Waals surface area contributed by atoms with Crippen molar-refractivity contribution in [3.05, 3.63) is 215 Å². The second-order valence-corrected chi connectivity index (χ2v) is 35.2. The summed E-state index contributed by atoms with van der Waals surface area (Å²) in [6, 6.07) is 58.7. The van der Waals surface area contributed by atoms with Gasteiger partial charge in [-0.15, -0.1) is 11.1 Å². The summed E-state index contributed by atoms with van der Waals surface area (Å²) in [6.45, 7) is 27.6. The molecule has 88 heavy (non-hydrogen) atoms. The minimum Gasteiger partial charge on any atom is -0.351 e. The summed E-state index contributed by atoms with van der Waals surface area (Å²) in [4.78, 5) is 0. The summed E-state index contributed by atoms with van der Waals surface area (Å²) >= 11 is 0. The maximum atomic E-state index is 6.64. The minimum absolute atomic E-state index is 0.371. The molecule has 0 saturated heterocycles. The molecule has 0 saturated carbocycles. The quantitative estimate of drug-likeness (QED) is 0.0631. The molecule has 0 aliphatic carbocycles. The van der Waals surface area contributed by atoms with E-state index in [0.717, 1.165) is 11.1 Å². The Balaban J connectivity index is 1.71. The molecule has 0 bridgehead atoms. The van der Waals surface area contributed by atoms with Crippen LogP contribution in [0, 0.1) is 82.1 Å². The van der Waals surface area contributed by atoms with E-state index in [0.29, 0.717) is 55.5 Å². The van der Waals surface area contributed by atoms with Gasteiger partial charge in [-0.1, -0.05) is 277 Å². The van der Waals surface area contributed by atoms with Crippen LogP contribution in [0.1, 0.15) is 116 Å². The molecule has 6 rings (SSSR count). The molecule has 0 N–H and O–H groups in total. The summed E-state index contributed by atoms with van der Waals surface area (Å²) in [5, 5.41) is 0. The van der Waals surface area contributed by atoms with E-state index < -0.39 is 49.8 Å². The Morgan fingerprint density at radius 2 is 0.341 bits per heavy atom. The largest absolute Gasteiger partial charge is 0.351 e. The lowest BCUT2D eigenvalue weighted by molar-refractivity contribution is 0.0724. The molecule has 0 amide bonds. The first kappa shape index (κ1) is 69.5. The average molecular weight is 1200 g/mol. The zero-order valence-corrected chi connectivity index (χ0v) is 57.2. The second kappa shape index (κ2) is 30.6. The first-order valence-electron chi connectivity index (χ1n) is 30.5. The fraction of sp³-hybridized carbons (Fsp3) is 0.375. The topological polar surface area (TPSA) is 55.4 Å². The van der Waals surface area contributed by atoms with Crippen molar-refractivity contribution in [2.24, 2.45) is 0 Å². The molecule has 8 heteroatoms. The molecule has 0 aliphatic rings. The van der Waals surface area contributed by atoms with Gasteiger partial charge in [-0.05, 0) is 92.5 Å². The predicted octanol–water partition coefficient (Wildman–Crippen LogP) is 16.7. The van der Waals surface area contributed by atoms with Crippen LogP contribution in [0.25, 0.3) is 0 Å². The predicted molar refractivity (Wildman–Crippen MR) is 367 cm³/mol. The highest BCUT2D eigenvalue weighted by Gasteiger charge is 2.45. The molecule has 6 aromatic rings. The lowest BCUT2D eigenvalue weighted by atomic mass is 9.86. The monoisotopic (exact) mass is 1200 g/mol. The smallest absolute Gasteiger partial charge is 0.216 e. The summed E-state index contributed by atoms with van der Waals surface area (Å²) in [6.07, 6.45) is 0. The Bertz CT molecular complexity index is 3410. The Labute approximate surface area is 531 Å². The van der Waals surface area contributed by atoms with Gasteiger partial charge in [0, 0.05) is 76.0 Å². The maximum absolute atomic E-state index is 6.64. The SMILES string of the molecule is COC(C#CC(C#CC(C#CC(C#C[Si](C(C)C)(C(C)C)C(C)C)(OC)c1ccccc1)(OC)c1ccccc1)(OC)c1ccccc1)(C#CC(C#CC(C#C[Si](C(C)C)(C(C)C)C(C)C)(OC)c1ccccc1)(OC)c1ccccc1)c1ccccc1. The third-order valence-corrected chi connectivity index (χ3v) is 30.2. The molecule has 6 atom stereocenters. The molecular weight excluding hydrogens is 1110 g/mol. The fourth-order valence-electron chi connectivity index (χ4n) is 12.5. The molecule has 6 unspecified atom stereocenters. The molecule has 0 fully saturated rings. The van der Waals surface area contributed by atoms with Crippen molar-refractivity contribution < 1.29 is 28.4 Å². The summed E-state index contributed by atoms with van der Waals surface area (Å²) in [7, 11) is 5.13. The van der Waals surface area contributed by atoms with E-state index in [9.17, 15) is 0 Å². The molecule has 6 nitrogen and oxygen atoms in total. The van der Waals surface area contributed by atoms with E-state index in [1.54, 1.807) is 42.7 Å². The highest BCUT2D eigenvalue weighted by Crippen LogP contribution is 2.43. The number of hydrogen-bond donors (Lipinski definition) is 0. The van der Waals surface area contributed by atoms with E-state index in [4.69, 9.17) is 28.4 Å². The number of benzene rings is 6. The molecule has 0 aromatic heterocycles. The van der Waals surface area contributed by atoms with E-state index in [1.165, 1.54) is 0 Å². The normalized spacial score (nSPS) is 15.5. The van der Waals surface area contributed by atoms with Crippen molar-refractivity contribution >= 4 is 16.1 Å². The number of methoxy groups -OCH3 is 6. The van der Waals surface area contributed by atoms with Gasteiger partial charge in [-0.3, -0.25) is 0 Å². The van der Waals surface area contributed by atoms with Crippen LogP contribution in [0.5, 0.6) is 0 Å². The van der Waals surface area contributed by atoms with Crippen molar-refractivity contribution in [3.8, 4) is 82.1 Å². The van der Waals surface area contributed by atoms with Crippen molar-refractivity contribution in [2.45, 2.75) is 150 Å². The van der Waals surface area contributed by atoms with Crippen molar-refractivity contribution in [3.63, 3.8) is 0 Å². The Hall–Kier alpha value is -7.57. The Kier molecular flexibility index (Phi) is 24.2. The molecule has 6 aromatic carbocycles. The lowest BCUT2D eigenvalue weighted by Crippen LogP contribution is -2.44. The average Bonchev–Trinajstić information content (AvgIpc) is 1.07. The molecule has 0 radical (unpaired) electrons. The van der Waals surface area contributed by atoms with E-state index >= 15 is 0 Å². The van der Waals surface area contributed by atoms with Gasteiger partial charge >= 0.3 is 0 Å². The third kappa shape index (κ3) is 14.6. The van der Waals surface area contributed by atoms with Crippen LogP contribution in [0.3, 0.4) is 0 Å². The molecule has 0 aliphatic heterocycles. The van der Waals surface area contributed by atoms with E-state index in [-0.39, 0.29) is 0 Å². The first-order chi connectivity index (χ1) is 42.1. The number of ether oxygens (including phenoxy) is 6. The van der Waals surface area contributed by atoms with Crippen molar-refractivity contribution in [2.75, 3.05) is 42.7 Å². The van der Waals surface area contributed by atoms with Gasteiger partial charge in [0.05, 0.1) is 0 Å². The number of hydrogen-bond acceptors (Lipinski definition) is 6. The standard InChI is InChI=1S/C80H90O6Si2/c1-63(2)87(64(3)4,65(5)6)61-59-79(85-17,73-45-33-23-34-46-73)57-55-77(83-15,71-41-29-21-30-42-71)53-51-75(81-13,69-37-25-19-26-38-69)49-50-76(82-14,70-39-27-20-28-40-70)52-54-78(84-16,72-43-31-22-32-44-72)56-58-80(86-18,74-47-35-24-36-48-74)60-62-88(66(7)8,67(9)10)68(11)12/h19-48,63-68H,1-18H3. The zero-order chi connectivity index (χ0) is 64.3. The van der Waals surface area contributed by atoms with Crippen LogP contribution < -0.4 is 0 Å². The number of rotatable bonds is 18. The highest BCUT2D eigenvalue weighted by molar-refractivity contribution is 6.91. The molecule has 454 valence electrons. The Morgan fingerprint density at radius 3 is 0.455 bits per heavy atom. The second-order valence-electron chi connectivity index (χ2n) is 24.1. The van der Waals surface area contributed by atoms with Gasteiger partial charge in [-0.25, -0.2) is 0 Å². The van der Waals surface area contributed by atoms with Gasteiger partial charge in [0.2, 0.25) is 33.6 Å². The van der Waals surface area contributed by atoms with Crippen LogP contribution >= 0.6 is 0 Å². The van der Waals surface area contributed by atoms with Crippen LogP contribution in [0.4, 0.5) is 0 Å². The Morgan fingerprint density at radius 1 is 0.216 bits per heavy atom.